The zero-order valence-electron chi connectivity index (χ0n) is 9.08. The molecule has 0 aliphatic carbocycles. The van der Waals surface area contributed by atoms with Crippen molar-refractivity contribution in [1.82, 2.24) is 0 Å². The molecule has 0 saturated carbocycles. The molecule has 1 unspecified atom stereocenters. The van der Waals surface area contributed by atoms with Crippen molar-refractivity contribution in [3.05, 3.63) is 34.9 Å². The Hall–Kier alpha value is -0.180. The first-order chi connectivity index (χ1) is 7.22. The van der Waals surface area contributed by atoms with E-state index in [1.54, 1.807) is 0 Å². The molecule has 1 rings (SSSR count). The lowest BCUT2D eigenvalue weighted by molar-refractivity contribution is 0.652. The Morgan fingerprint density at radius 1 is 1.33 bits per heavy atom. The highest BCUT2D eigenvalue weighted by Gasteiger charge is 2.03. The molecule has 0 aromatic heterocycles. The van der Waals surface area contributed by atoms with Crippen LogP contribution in [-0.2, 0) is 6.42 Å². The molecule has 0 amide bonds. The van der Waals surface area contributed by atoms with Gasteiger partial charge in [0.15, 0.2) is 0 Å². The van der Waals surface area contributed by atoms with Gasteiger partial charge in [-0.05, 0) is 42.0 Å². The first kappa shape index (κ1) is 12.9. The van der Waals surface area contributed by atoms with E-state index in [0.29, 0.717) is 0 Å². The molecule has 0 aliphatic heterocycles. The van der Waals surface area contributed by atoms with E-state index in [1.807, 2.05) is 23.9 Å². The average molecular weight is 244 g/mol. The molecule has 0 bridgehead atoms. The standard InChI is InChI=1S/C12H18ClNS/c1-2-15-8-7-12(14)9-10-3-5-11(13)6-4-10/h3-6,12H,2,7-9,14H2,1H3. The van der Waals surface area contributed by atoms with E-state index in [2.05, 4.69) is 19.1 Å². The van der Waals surface area contributed by atoms with E-state index >= 15 is 0 Å². The van der Waals surface area contributed by atoms with Crippen molar-refractivity contribution < 1.29 is 0 Å². The monoisotopic (exact) mass is 243 g/mol. The number of rotatable bonds is 6. The summed E-state index contributed by atoms with van der Waals surface area (Å²) in [6, 6.07) is 8.21. The largest absolute Gasteiger partial charge is 0.327 e. The first-order valence-corrected chi connectivity index (χ1v) is 6.83. The summed E-state index contributed by atoms with van der Waals surface area (Å²) in [5, 5.41) is 0.786. The number of hydrogen-bond donors (Lipinski definition) is 1. The van der Waals surface area contributed by atoms with E-state index in [-0.39, 0.29) is 6.04 Å². The van der Waals surface area contributed by atoms with Gasteiger partial charge in [0.1, 0.15) is 0 Å². The van der Waals surface area contributed by atoms with Gasteiger partial charge in [-0.1, -0.05) is 30.7 Å². The Bertz CT molecular complexity index is 273. The first-order valence-electron chi connectivity index (χ1n) is 5.30. The van der Waals surface area contributed by atoms with Crippen molar-refractivity contribution in [2.45, 2.75) is 25.8 Å². The number of hydrogen-bond acceptors (Lipinski definition) is 2. The molecule has 0 radical (unpaired) electrons. The summed E-state index contributed by atoms with van der Waals surface area (Å²) in [4.78, 5) is 0. The molecule has 3 heteroatoms. The van der Waals surface area contributed by atoms with Crippen LogP contribution in [0.1, 0.15) is 18.9 Å². The topological polar surface area (TPSA) is 26.0 Å². The summed E-state index contributed by atoms with van der Waals surface area (Å²) in [6.45, 7) is 2.18. The fraction of sp³-hybridized carbons (Fsp3) is 0.500. The minimum Gasteiger partial charge on any atom is -0.327 e. The predicted octanol–water partition coefficient (Wildman–Crippen LogP) is 3.35. The molecular weight excluding hydrogens is 226 g/mol. The maximum Gasteiger partial charge on any atom is 0.0406 e. The van der Waals surface area contributed by atoms with Crippen molar-refractivity contribution in [3.63, 3.8) is 0 Å². The summed E-state index contributed by atoms with van der Waals surface area (Å²) < 4.78 is 0. The number of thioether (sulfide) groups is 1. The van der Waals surface area contributed by atoms with Gasteiger partial charge in [-0.25, -0.2) is 0 Å². The molecule has 0 heterocycles. The van der Waals surface area contributed by atoms with Crippen LogP contribution >= 0.6 is 23.4 Å². The second kappa shape index (κ2) is 7.15. The number of benzene rings is 1. The lowest BCUT2D eigenvalue weighted by atomic mass is 10.1. The van der Waals surface area contributed by atoms with Gasteiger partial charge in [-0.3, -0.25) is 0 Å². The average Bonchev–Trinajstić information content (AvgIpc) is 2.22. The molecule has 1 aromatic rings. The van der Waals surface area contributed by atoms with E-state index in [0.717, 1.165) is 23.6 Å². The Labute approximate surface area is 101 Å². The zero-order chi connectivity index (χ0) is 11.1. The fourth-order valence-corrected chi connectivity index (χ4v) is 2.29. The van der Waals surface area contributed by atoms with Gasteiger partial charge in [-0.2, -0.15) is 11.8 Å². The van der Waals surface area contributed by atoms with Gasteiger partial charge in [0, 0.05) is 11.1 Å². The van der Waals surface area contributed by atoms with Crippen molar-refractivity contribution in [1.29, 1.82) is 0 Å². The Morgan fingerprint density at radius 2 is 2.00 bits per heavy atom. The third-order valence-electron chi connectivity index (χ3n) is 2.25. The summed E-state index contributed by atoms with van der Waals surface area (Å²) in [7, 11) is 0. The Balaban J connectivity index is 2.31. The van der Waals surface area contributed by atoms with Crippen molar-refractivity contribution >= 4 is 23.4 Å². The van der Waals surface area contributed by atoms with Crippen molar-refractivity contribution in [2.75, 3.05) is 11.5 Å². The van der Waals surface area contributed by atoms with Crippen LogP contribution in [0, 0.1) is 0 Å². The summed E-state index contributed by atoms with van der Waals surface area (Å²) in [5.74, 6) is 2.33. The Kier molecular flexibility index (Phi) is 6.15. The number of nitrogens with two attached hydrogens (primary N) is 1. The highest BCUT2D eigenvalue weighted by Crippen LogP contribution is 2.12. The molecule has 0 aliphatic rings. The third-order valence-corrected chi connectivity index (χ3v) is 3.43. The summed E-state index contributed by atoms with van der Waals surface area (Å²) in [6.07, 6.45) is 2.03. The minimum absolute atomic E-state index is 0.269. The van der Waals surface area contributed by atoms with Gasteiger partial charge in [0.2, 0.25) is 0 Å². The summed E-state index contributed by atoms with van der Waals surface area (Å²) in [5.41, 5.74) is 7.31. The quantitative estimate of drug-likeness (QED) is 0.776. The highest BCUT2D eigenvalue weighted by molar-refractivity contribution is 7.99. The maximum absolute atomic E-state index is 6.04. The van der Waals surface area contributed by atoms with Crippen LogP contribution < -0.4 is 5.73 Å². The fourth-order valence-electron chi connectivity index (χ4n) is 1.40. The molecule has 2 N–H and O–H groups in total. The molecule has 15 heavy (non-hydrogen) atoms. The lowest BCUT2D eigenvalue weighted by Crippen LogP contribution is -2.23. The molecule has 1 atom stereocenters. The van der Waals surface area contributed by atoms with Crippen LogP contribution in [0.5, 0.6) is 0 Å². The zero-order valence-corrected chi connectivity index (χ0v) is 10.7. The molecule has 84 valence electrons. The smallest absolute Gasteiger partial charge is 0.0406 e. The molecule has 0 fully saturated rings. The van der Waals surface area contributed by atoms with E-state index < -0.39 is 0 Å². The van der Waals surface area contributed by atoms with Gasteiger partial charge < -0.3 is 5.73 Å². The molecule has 0 spiro atoms. The van der Waals surface area contributed by atoms with Crippen LogP contribution in [0.15, 0.2) is 24.3 Å². The van der Waals surface area contributed by atoms with Crippen LogP contribution in [0.3, 0.4) is 0 Å². The van der Waals surface area contributed by atoms with Crippen LogP contribution in [0.2, 0.25) is 5.02 Å². The number of halogens is 1. The van der Waals surface area contributed by atoms with Gasteiger partial charge in [0.25, 0.3) is 0 Å². The van der Waals surface area contributed by atoms with Gasteiger partial charge in [0.05, 0.1) is 0 Å². The third kappa shape index (κ3) is 5.45. The van der Waals surface area contributed by atoms with E-state index in [9.17, 15) is 0 Å². The van der Waals surface area contributed by atoms with Crippen molar-refractivity contribution in [3.8, 4) is 0 Å². The van der Waals surface area contributed by atoms with Crippen LogP contribution in [-0.4, -0.2) is 17.5 Å². The normalized spacial score (nSPS) is 12.7. The second-order valence-corrected chi connectivity index (χ2v) is 5.41. The Morgan fingerprint density at radius 3 is 2.60 bits per heavy atom. The SMILES string of the molecule is CCSCCC(N)Cc1ccc(Cl)cc1. The highest BCUT2D eigenvalue weighted by atomic mass is 35.5. The minimum atomic E-state index is 0.269. The molecule has 1 nitrogen and oxygen atoms in total. The second-order valence-electron chi connectivity index (χ2n) is 3.58. The van der Waals surface area contributed by atoms with E-state index in [4.69, 9.17) is 17.3 Å². The summed E-state index contributed by atoms with van der Waals surface area (Å²) >= 11 is 7.76. The van der Waals surface area contributed by atoms with E-state index in [1.165, 1.54) is 11.3 Å². The van der Waals surface area contributed by atoms with Gasteiger partial charge >= 0.3 is 0 Å². The predicted molar refractivity (Wildman–Crippen MR) is 70.7 cm³/mol. The van der Waals surface area contributed by atoms with Crippen molar-refractivity contribution in [2.24, 2.45) is 5.73 Å². The maximum atomic E-state index is 6.04. The lowest BCUT2D eigenvalue weighted by Gasteiger charge is -2.10. The van der Waals surface area contributed by atoms with Gasteiger partial charge in [-0.15, -0.1) is 0 Å². The molecular formula is C12H18ClNS. The molecule has 0 saturated heterocycles. The molecule has 1 aromatic carbocycles. The van der Waals surface area contributed by atoms with Crippen LogP contribution in [0.25, 0.3) is 0 Å². The van der Waals surface area contributed by atoms with Crippen LogP contribution in [0.4, 0.5) is 0 Å².